The van der Waals surface area contributed by atoms with Gasteiger partial charge in [-0.15, -0.1) is 0 Å². The largest absolute Gasteiger partial charge is 0.344 e. The summed E-state index contributed by atoms with van der Waals surface area (Å²) in [5.41, 5.74) is 0.637. The molecule has 0 bridgehead atoms. The molecule has 1 fully saturated rings. The van der Waals surface area contributed by atoms with Crippen LogP contribution in [0, 0.1) is 0 Å². The lowest BCUT2D eigenvalue weighted by Crippen LogP contribution is -2.47. The smallest absolute Gasteiger partial charge is 0.313 e. The van der Waals surface area contributed by atoms with Crippen molar-refractivity contribution < 1.29 is 9.59 Å². The molecule has 0 heterocycles. The fourth-order valence-electron chi connectivity index (χ4n) is 2.49. The molecule has 0 saturated heterocycles. The monoisotopic (exact) mass is 292 g/mol. The van der Waals surface area contributed by atoms with Gasteiger partial charge in [-0.2, -0.15) is 11.8 Å². The van der Waals surface area contributed by atoms with Crippen molar-refractivity contribution in [2.75, 3.05) is 11.6 Å². The first-order valence-electron chi connectivity index (χ1n) is 6.90. The summed E-state index contributed by atoms with van der Waals surface area (Å²) in [6.45, 7) is 0. The van der Waals surface area contributed by atoms with Crippen LogP contribution in [0.2, 0.25) is 0 Å². The summed E-state index contributed by atoms with van der Waals surface area (Å²) in [4.78, 5) is 23.8. The SMILES string of the molecule is CS[C@H]1CCCC[C@@H]1NC(=O)C(=O)Nc1ccccc1. The fourth-order valence-corrected chi connectivity index (χ4v) is 3.42. The van der Waals surface area contributed by atoms with Crippen molar-refractivity contribution in [1.82, 2.24) is 5.32 Å². The molecule has 1 aromatic rings. The van der Waals surface area contributed by atoms with E-state index in [1.807, 2.05) is 18.2 Å². The molecule has 0 radical (unpaired) electrons. The number of rotatable bonds is 3. The third-order valence-corrected chi connectivity index (χ3v) is 4.73. The molecule has 2 atom stereocenters. The molecule has 1 saturated carbocycles. The molecule has 2 amide bonds. The van der Waals surface area contributed by atoms with Crippen molar-refractivity contribution in [2.45, 2.75) is 37.0 Å². The Labute approximate surface area is 123 Å². The number of benzene rings is 1. The maximum absolute atomic E-state index is 11.9. The molecule has 108 valence electrons. The molecule has 0 spiro atoms. The van der Waals surface area contributed by atoms with Crippen LogP contribution in [-0.2, 0) is 9.59 Å². The van der Waals surface area contributed by atoms with Gasteiger partial charge in [0.2, 0.25) is 0 Å². The molecule has 0 aliphatic heterocycles. The lowest BCUT2D eigenvalue weighted by Gasteiger charge is -2.30. The van der Waals surface area contributed by atoms with E-state index in [0.29, 0.717) is 10.9 Å². The van der Waals surface area contributed by atoms with Crippen LogP contribution in [0.3, 0.4) is 0 Å². The van der Waals surface area contributed by atoms with Crippen LogP contribution in [-0.4, -0.2) is 29.4 Å². The Morgan fingerprint density at radius 2 is 1.80 bits per heavy atom. The highest BCUT2D eigenvalue weighted by atomic mass is 32.2. The number of carbonyl (C=O) groups excluding carboxylic acids is 2. The van der Waals surface area contributed by atoms with Crippen molar-refractivity contribution in [3.05, 3.63) is 30.3 Å². The van der Waals surface area contributed by atoms with Gasteiger partial charge in [0.05, 0.1) is 0 Å². The standard InChI is InChI=1S/C15H20N2O2S/c1-20-13-10-6-5-9-12(13)17-15(19)14(18)16-11-7-3-2-4-8-11/h2-4,7-8,12-13H,5-6,9-10H2,1H3,(H,16,18)(H,17,19)/t12-,13-/m0/s1. The van der Waals surface area contributed by atoms with Crippen molar-refractivity contribution in [1.29, 1.82) is 0 Å². The number of para-hydroxylation sites is 1. The molecule has 20 heavy (non-hydrogen) atoms. The first-order chi connectivity index (χ1) is 9.70. The van der Waals surface area contributed by atoms with Gasteiger partial charge in [0.15, 0.2) is 0 Å². The topological polar surface area (TPSA) is 58.2 Å². The number of hydrogen-bond acceptors (Lipinski definition) is 3. The average molecular weight is 292 g/mol. The lowest BCUT2D eigenvalue weighted by atomic mass is 9.95. The van der Waals surface area contributed by atoms with E-state index >= 15 is 0 Å². The summed E-state index contributed by atoms with van der Waals surface area (Å²) in [5, 5.41) is 5.89. The number of hydrogen-bond donors (Lipinski definition) is 2. The number of anilines is 1. The van der Waals surface area contributed by atoms with Gasteiger partial charge in [-0.05, 0) is 31.2 Å². The van der Waals surface area contributed by atoms with Gasteiger partial charge >= 0.3 is 11.8 Å². The van der Waals surface area contributed by atoms with Crippen LogP contribution in [0.1, 0.15) is 25.7 Å². The Bertz CT molecular complexity index is 464. The van der Waals surface area contributed by atoms with Gasteiger partial charge in [0.25, 0.3) is 0 Å². The van der Waals surface area contributed by atoms with E-state index < -0.39 is 11.8 Å². The summed E-state index contributed by atoms with van der Waals surface area (Å²) >= 11 is 1.77. The quantitative estimate of drug-likeness (QED) is 0.841. The molecule has 2 rings (SSSR count). The van der Waals surface area contributed by atoms with E-state index in [1.54, 1.807) is 23.9 Å². The molecule has 2 N–H and O–H groups in total. The summed E-state index contributed by atoms with van der Waals surface area (Å²) in [6.07, 6.45) is 6.43. The predicted octanol–water partition coefficient (Wildman–Crippen LogP) is 2.42. The summed E-state index contributed by atoms with van der Waals surface area (Å²) < 4.78 is 0. The highest BCUT2D eigenvalue weighted by molar-refractivity contribution is 7.99. The Morgan fingerprint density at radius 3 is 2.50 bits per heavy atom. The maximum Gasteiger partial charge on any atom is 0.313 e. The van der Waals surface area contributed by atoms with E-state index in [9.17, 15) is 9.59 Å². The zero-order chi connectivity index (χ0) is 14.4. The summed E-state index contributed by atoms with van der Waals surface area (Å²) in [6, 6.07) is 9.12. The second-order valence-electron chi connectivity index (χ2n) is 4.96. The van der Waals surface area contributed by atoms with Crippen LogP contribution in [0.15, 0.2) is 30.3 Å². The number of amides is 2. The minimum atomic E-state index is -0.596. The molecule has 0 aromatic heterocycles. The minimum absolute atomic E-state index is 0.104. The summed E-state index contributed by atoms with van der Waals surface area (Å²) in [5.74, 6) is -1.14. The first kappa shape index (κ1) is 14.9. The van der Waals surface area contributed by atoms with Crippen LogP contribution in [0.4, 0.5) is 5.69 Å². The second-order valence-corrected chi connectivity index (χ2v) is 6.04. The Hall–Kier alpha value is -1.49. The van der Waals surface area contributed by atoms with Crippen LogP contribution >= 0.6 is 11.8 Å². The predicted molar refractivity (Wildman–Crippen MR) is 82.8 cm³/mol. The molecule has 0 unspecified atom stereocenters. The van der Waals surface area contributed by atoms with Gasteiger partial charge in [-0.3, -0.25) is 9.59 Å². The molecule has 1 aliphatic carbocycles. The summed E-state index contributed by atoms with van der Waals surface area (Å²) in [7, 11) is 0. The third-order valence-electron chi connectivity index (χ3n) is 3.56. The van der Waals surface area contributed by atoms with Gasteiger partial charge in [0, 0.05) is 17.0 Å². The first-order valence-corrected chi connectivity index (χ1v) is 8.19. The van der Waals surface area contributed by atoms with Gasteiger partial charge < -0.3 is 10.6 Å². The Kier molecular flexibility index (Phi) is 5.47. The Balaban J connectivity index is 1.89. The normalized spacial score (nSPS) is 22.1. The molecular weight excluding hydrogens is 272 g/mol. The number of nitrogens with one attached hydrogen (secondary N) is 2. The maximum atomic E-state index is 11.9. The Morgan fingerprint density at radius 1 is 1.10 bits per heavy atom. The zero-order valence-electron chi connectivity index (χ0n) is 11.6. The fraction of sp³-hybridized carbons (Fsp3) is 0.467. The van der Waals surface area contributed by atoms with E-state index in [1.165, 1.54) is 6.42 Å². The zero-order valence-corrected chi connectivity index (χ0v) is 12.4. The van der Waals surface area contributed by atoms with Crippen molar-refractivity contribution >= 4 is 29.3 Å². The molecule has 1 aliphatic rings. The van der Waals surface area contributed by atoms with Gasteiger partial charge in [0.1, 0.15) is 0 Å². The molecule has 5 heteroatoms. The van der Waals surface area contributed by atoms with Crippen LogP contribution in [0.5, 0.6) is 0 Å². The highest BCUT2D eigenvalue weighted by Crippen LogP contribution is 2.27. The lowest BCUT2D eigenvalue weighted by molar-refractivity contribution is -0.136. The molecule has 4 nitrogen and oxygen atoms in total. The third kappa shape index (κ3) is 4.00. The second kappa shape index (κ2) is 7.33. The minimum Gasteiger partial charge on any atom is -0.344 e. The van der Waals surface area contributed by atoms with E-state index in [2.05, 4.69) is 16.9 Å². The van der Waals surface area contributed by atoms with Crippen molar-refractivity contribution in [3.8, 4) is 0 Å². The van der Waals surface area contributed by atoms with E-state index in [4.69, 9.17) is 0 Å². The van der Waals surface area contributed by atoms with Crippen LogP contribution in [0.25, 0.3) is 0 Å². The molecular formula is C15H20N2O2S. The van der Waals surface area contributed by atoms with Crippen molar-refractivity contribution in [3.63, 3.8) is 0 Å². The van der Waals surface area contributed by atoms with Crippen molar-refractivity contribution in [2.24, 2.45) is 0 Å². The van der Waals surface area contributed by atoms with E-state index in [-0.39, 0.29) is 6.04 Å². The number of thioether (sulfide) groups is 1. The molecule has 1 aromatic carbocycles. The van der Waals surface area contributed by atoms with E-state index in [0.717, 1.165) is 19.3 Å². The number of carbonyl (C=O) groups is 2. The average Bonchev–Trinajstić information content (AvgIpc) is 2.48. The highest BCUT2D eigenvalue weighted by Gasteiger charge is 2.27. The van der Waals surface area contributed by atoms with Crippen LogP contribution < -0.4 is 10.6 Å². The van der Waals surface area contributed by atoms with Gasteiger partial charge in [-0.25, -0.2) is 0 Å². The van der Waals surface area contributed by atoms with Gasteiger partial charge in [-0.1, -0.05) is 31.0 Å².